The summed E-state index contributed by atoms with van der Waals surface area (Å²) < 4.78 is 23.7. The Labute approximate surface area is 111 Å². The van der Waals surface area contributed by atoms with Crippen LogP contribution < -0.4 is 0 Å². The fraction of sp³-hybridized carbons (Fsp3) is 0.462. The normalized spacial score (nSPS) is 13.6. The highest BCUT2D eigenvalue weighted by Gasteiger charge is 2.22. The van der Waals surface area contributed by atoms with Crippen molar-refractivity contribution in [2.75, 3.05) is 0 Å². The fourth-order valence-corrected chi connectivity index (χ4v) is 2.95. The van der Waals surface area contributed by atoms with Crippen LogP contribution in [0.25, 0.3) is 0 Å². The third-order valence-electron chi connectivity index (χ3n) is 1.93. The van der Waals surface area contributed by atoms with E-state index in [1.54, 1.807) is 12.1 Å². The van der Waals surface area contributed by atoms with Gasteiger partial charge in [0.2, 0.25) is 8.32 Å². The molecule has 0 N–H and O–H groups in total. The molecule has 0 saturated carbocycles. The zero-order valence-corrected chi connectivity index (χ0v) is 14.0. The first kappa shape index (κ1) is 15.1. The molecule has 18 heavy (non-hydrogen) atoms. The Hall–Kier alpha value is -0.946. The van der Waals surface area contributed by atoms with E-state index in [4.69, 9.17) is 9.08 Å². The average molecular weight is 283 g/mol. The maximum Gasteiger partial charge on any atom is 0.244 e. The van der Waals surface area contributed by atoms with Gasteiger partial charge in [-0.1, -0.05) is 0 Å². The predicted octanol–water partition coefficient (Wildman–Crippen LogP) is 4.26. The summed E-state index contributed by atoms with van der Waals surface area (Å²) in [6.45, 7) is 12.8. The van der Waals surface area contributed by atoms with Gasteiger partial charge in [0.25, 0.3) is 0 Å². The molecule has 0 aliphatic rings. The summed E-state index contributed by atoms with van der Waals surface area (Å²) in [7, 11) is -3.34. The van der Waals surface area contributed by atoms with Crippen molar-refractivity contribution in [1.29, 1.82) is 0 Å². The summed E-state index contributed by atoms with van der Waals surface area (Å²) in [5.74, 6) is 0.437. The van der Waals surface area contributed by atoms with Gasteiger partial charge in [0.15, 0.2) is 14.1 Å². The van der Waals surface area contributed by atoms with Crippen LogP contribution in [-0.4, -0.2) is 22.5 Å². The quantitative estimate of drug-likeness (QED) is 0.461. The molecule has 0 bridgehead atoms. The van der Waals surface area contributed by atoms with Crippen molar-refractivity contribution in [3.8, 4) is 0 Å². The summed E-state index contributed by atoms with van der Waals surface area (Å²) in [5, 5.41) is 0. The molecule has 0 spiro atoms. The van der Waals surface area contributed by atoms with E-state index >= 15 is 0 Å². The topological polar surface area (TPSA) is 21.6 Å². The van der Waals surface area contributed by atoms with E-state index in [1.165, 1.54) is 12.1 Å². The van der Waals surface area contributed by atoms with Gasteiger partial charge in [0.1, 0.15) is 5.82 Å². The molecule has 0 aromatic heterocycles. The second-order valence-electron chi connectivity index (χ2n) is 6.31. The second-order valence-corrected chi connectivity index (χ2v) is 15.3. The van der Waals surface area contributed by atoms with Gasteiger partial charge < -0.3 is 4.43 Å². The second kappa shape index (κ2) is 5.36. The lowest BCUT2D eigenvalue weighted by molar-refractivity contribution is 0.554. The molecule has 0 heterocycles. The van der Waals surface area contributed by atoms with Gasteiger partial charge in [0.05, 0.1) is 0 Å². The van der Waals surface area contributed by atoms with E-state index in [0.29, 0.717) is 5.90 Å². The van der Waals surface area contributed by atoms with Crippen LogP contribution in [0.15, 0.2) is 28.9 Å². The van der Waals surface area contributed by atoms with Crippen molar-refractivity contribution in [2.24, 2.45) is 4.66 Å². The highest BCUT2D eigenvalue weighted by Crippen LogP contribution is 2.14. The van der Waals surface area contributed by atoms with Crippen LogP contribution in [-0.2, 0) is 4.43 Å². The van der Waals surface area contributed by atoms with Gasteiger partial charge in [0, 0.05) is 5.56 Å². The van der Waals surface area contributed by atoms with Crippen molar-refractivity contribution < 1.29 is 8.82 Å². The van der Waals surface area contributed by atoms with Crippen molar-refractivity contribution in [3.05, 3.63) is 35.6 Å². The molecular formula is C13H22FNOSi2. The van der Waals surface area contributed by atoms with Crippen molar-refractivity contribution in [2.45, 2.75) is 39.3 Å². The highest BCUT2D eigenvalue weighted by molar-refractivity contribution is 6.76. The van der Waals surface area contributed by atoms with Crippen LogP contribution in [0.3, 0.4) is 0 Å². The Balaban J connectivity index is 3.13. The number of halogens is 1. The molecule has 1 rings (SSSR count). The Kier molecular flexibility index (Phi) is 4.50. The van der Waals surface area contributed by atoms with Gasteiger partial charge in [-0.3, -0.25) is 4.66 Å². The van der Waals surface area contributed by atoms with Crippen molar-refractivity contribution in [1.82, 2.24) is 0 Å². The molecule has 0 aliphatic heterocycles. The lowest BCUT2D eigenvalue weighted by atomic mass is 10.2. The van der Waals surface area contributed by atoms with E-state index < -0.39 is 16.6 Å². The molecule has 0 amide bonds. The smallest absolute Gasteiger partial charge is 0.244 e. The van der Waals surface area contributed by atoms with E-state index in [2.05, 4.69) is 39.3 Å². The molecule has 0 saturated heterocycles. The lowest BCUT2D eigenvalue weighted by Gasteiger charge is -2.23. The maximum atomic E-state index is 13.0. The molecule has 5 heteroatoms. The zero-order valence-electron chi connectivity index (χ0n) is 12.0. The average Bonchev–Trinajstić information content (AvgIpc) is 2.13. The SMILES string of the molecule is C[Si](C)(C)/N=C(/O[Si](C)(C)C)c1ccc(F)cc1. The number of nitrogens with zero attached hydrogens (tertiary/aromatic N) is 1. The molecule has 0 radical (unpaired) electrons. The molecule has 0 aliphatic carbocycles. The van der Waals surface area contributed by atoms with Crippen molar-refractivity contribution >= 4 is 22.5 Å². The molecule has 0 atom stereocenters. The highest BCUT2D eigenvalue weighted by atomic mass is 28.4. The minimum Gasteiger partial charge on any atom is -0.532 e. The van der Waals surface area contributed by atoms with Gasteiger partial charge in [-0.25, -0.2) is 4.39 Å². The predicted molar refractivity (Wildman–Crippen MR) is 80.7 cm³/mol. The van der Waals surface area contributed by atoms with Crippen LogP contribution in [0.4, 0.5) is 4.39 Å². The summed E-state index contributed by atoms with van der Waals surface area (Å²) in [5.41, 5.74) is 0.862. The minimum atomic E-state index is -1.72. The van der Waals surface area contributed by atoms with Gasteiger partial charge in [-0.15, -0.1) is 0 Å². The molecule has 100 valence electrons. The van der Waals surface area contributed by atoms with Crippen LogP contribution in [0, 0.1) is 5.82 Å². The Morgan fingerprint density at radius 1 is 1.00 bits per heavy atom. The third kappa shape index (κ3) is 5.59. The molecule has 2 nitrogen and oxygen atoms in total. The van der Waals surface area contributed by atoms with Crippen LogP contribution in [0.5, 0.6) is 0 Å². The first-order chi connectivity index (χ1) is 8.07. The number of hydrogen-bond acceptors (Lipinski definition) is 2. The van der Waals surface area contributed by atoms with Crippen LogP contribution >= 0.6 is 0 Å². The van der Waals surface area contributed by atoms with Crippen LogP contribution in [0.2, 0.25) is 39.3 Å². The van der Waals surface area contributed by atoms with Gasteiger partial charge in [-0.2, -0.15) is 0 Å². The Bertz CT molecular complexity index is 430. The summed E-state index contributed by atoms with van der Waals surface area (Å²) >= 11 is 0. The van der Waals surface area contributed by atoms with Gasteiger partial charge >= 0.3 is 0 Å². The molecule has 0 unspecified atom stereocenters. The van der Waals surface area contributed by atoms with E-state index in [1.807, 2.05) is 0 Å². The Morgan fingerprint density at radius 2 is 1.50 bits per heavy atom. The maximum absolute atomic E-state index is 13.0. The first-order valence-electron chi connectivity index (χ1n) is 6.12. The number of rotatable bonds is 3. The summed E-state index contributed by atoms with van der Waals surface area (Å²) in [4.78, 5) is 0. The Morgan fingerprint density at radius 3 is 1.89 bits per heavy atom. The molecular weight excluding hydrogens is 261 g/mol. The summed E-state index contributed by atoms with van der Waals surface area (Å²) in [6, 6.07) is 6.36. The lowest BCUT2D eigenvalue weighted by Crippen LogP contribution is -2.32. The number of hydrogen-bond donors (Lipinski definition) is 0. The largest absolute Gasteiger partial charge is 0.532 e. The van der Waals surface area contributed by atoms with E-state index in [9.17, 15) is 4.39 Å². The molecule has 1 aromatic rings. The monoisotopic (exact) mass is 283 g/mol. The molecule has 1 aromatic carbocycles. The van der Waals surface area contributed by atoms with E-state index in [-0.39, 0.29) is 5.82 Å². The third-order valence-corrected chi connectivity index (χ3v) is 3.61. The first-order valence-corrected chi connectivity index (χ1v) is 13.0. The van der Waals surface area contributed by atoms with Gasteiger partial charge in [-0.05, 0) is 63.5 Å². The van der Waals surface area contributed by atoms with Crippen LogP contribution in [0.1, 0.15) is 5.56 Å². The minimum absolute atomic E-state index is 0.237. The van der Waals surface area contributed by atoms with E-state index in [0.717, 1.165) is 5.56 Å². The van der Waals surface area contributed by atoms with Crippen molar-refractivity contribution in [3.63, 3.8) is 0 Å². The molecule has 0 fully saturated rings. The number of benzene rings is 1. The zero-order chi connectivity index (χ0) is 14.0. The standard InChI is InChI=1S/C13H22FNOSi2/c1-17(2,3)15-13(16-18(4,5)6)11-7-9-12(14)10-8-11/h7-10H,1-6H3/b15-13+. The summed E-state index contributed by atoms with van der Waals surface area (Å²) in [6.07, 6.45) is 0. The fourth-order valence-electron chi connectivity index (χ4n) is 1.33.